The Bertz CT molecular complexity index is 699. The first-order valence-electron chi connectivity index (χ1n) is 12.1. The number of hydrogen-bond acceptors (Lipinski definition) is 4. The molecule has 1 amide bonds. The minimum Gasteiger partial charge on any atom is -0.396 e. The summed E-state index contributed by atoms with van der Waals surface area (Å²) in [5.41, 5.74) is 2.84. The van der Waals surface area contributed by atoms with Gasteiger partial charge in [-0.2, -0.15) is 0 Å². The van der Waals surface area contributed by atoms with Crippen LogP contribution in [-0.2, 0) is 14.3 Å². The molecule has 2 aliphatic heterocycles. The van der Waals surface area contributed by atoms with Crippen molar-refractivity contribution in [3.05, 3.63) is 11.3 Å². The molecule has 0 radical (unpaired) electrons. The molecule has 2 heterocycles. The van der Waals surface area contributed by atoms with E-state index in [0.29, 0.717) is 18.1 Å². The second-order valence-electron chi connectivity index (χ2n) is 10.7. The van der Waals surface area contributed by atoms with Crippen molar-refractivity contribution >= 4 is 14.0 Å². The summed E-state index contributed by atoms with van der Waals surface area (Å²) in [6, 6.07) is 0. The number of aliphatic hydroxyl groups is 1. The first-order chi connectivity index (χ1) is 14.3. The predicted octanol–water partition coefficient (Wildman–Crippen LogP) is 4.48. The van der Waals surface area contributed by atoms with Gasteiger partial charge in [-0.3, -0.25) is 4.79 Å². The van der Waals surface area contributed by atoms with Crippen LogP contribution in [0.15, 0.2) is 11.3 Å². The van der Waals surface area contributed by atoms with Crippen LogP contribution in [0.5, 0.6) is 0 Å². The number of methoxy groups -OCH3 is 1. The second-order valence-corrected chi connectivity index (χ2v) is 15.9. The molecule has 1 saturated carbocycles. The van der Waals surface area contributed by atoms with Gasteiger partial charge in [0.05, 0.1) is 20.3 Å². The number of amides is 1. The summed E-state index contributed by atoms with van der Waals surface area (Å²) in [6.45, 7) is 7.46. The van der Waals surface area contributed by atoms with Crippen molar-refractivity contribution in [3.8, 4) is 0 Å². The van der Waals surface area contributed by atoms with Crippen LogP contribution in [0.25, 0.3) is 0 Å². The van der Waals surface area contributed by atoms with Gasteiger partial charge in [-0.05, 0) is 61.6 Å². The van der Waals surface area contributed by atoms with Gasteiger partial charge in [-0.15, -0.1) is 0 Å². The average molecular weight is 436 g/mol. The monoisotopic (exact) mass is 435 g/mol. The van der Waals surface area contributed by atoms with Crippen molar-refractivity contribution in [3.63, 3.8) is 0 Å². The van der Waals surface area contributed by atoms with Crippen molar-refractivity contribution in [1.29, 1.82) is 0 Å². The molecule has 170 valence electrons. The van der Waals surface area contributed by atoms with Crippen molar-refractivity contribution in [2.45, 2.75) is 107 Å². The number of carbonyl (C=O) groups excluding carboxylic acids is 1. The molecular formula is C24H41NO4Si. The van der Waals surface area contributed by atoms with Crippen LogP contribution in [0.1, 0.15) is 64.7 Å². The molecule has 0 aromatic rings. The molecule has 1 saturated heterocycles. The third-order valence-electron chi connectivity index (χ3n) is 9.16. The summed E-state index contributed by atoms with van der Waals surface area (Å²) in [5.74, 6) is 0.330. The van der Waals surface area contributed by atoms with Gasteiger partial charge in [-0.1, -0.05) is 32.9 Å². The number of rotatable bonds is 5. The van der Waals surface area contributed by atoms with Gasteiger partial charge in [-0.25, -0.2) is 0 Å². The van der Waals surface area contributed by atoms with Gasteiger partial charge in [0, 0.05) is 32.4 Å². The van der Waals surface area contributed by atoms with Crippen LogP contribution in [-0.4, -0.2) is 62.6 Å². The van der Waals surface area contributed by atoms with Crippen LogP contribution >= 0.6 is 0 Å². The minimum atomic E-state index is -1.76. The lowest BCUT2D eigenvalue weighted by Gasteiger charge is -2.44. The quantitative estimate of drug-likeness (QED) is 0.647. The SMILES string of the molecule is COC1CCC([Si](C)(C)[C@@H]2[C@@H](CCO)O[C@]3(C(=O)N(C)C4=C3CCCC4)[C@H]2C)CC1. The number of likely N-dealkylation sites (N-methyl/N-ethyl adjacent to an activating group) is 1. The third-order valence-corrected chi connectivity index (χ3v) is 14.4. The van der Waals surface area contributed by atoms with E-state index < -0.39 is 13.7 Å². The Morgan fingerprint density at radius 3 is 2.50 bits per heavy atom. The number of ether oxygens (including phenoxy) is 2. The lowest BCUT2D eigenvalue weighted by molar-refractivity contribution is -0.148. The fraction of sp³-hybridized carbons (Fsp3) is 0.875. The summed E-state index contributed by atoms with van der Waals surface area (Å²) in [5, 5.41) is 9.87. The highest BCUT2D eigenvalue weighted by Gasteiger charge is 2.66. The first kappa shape index (κ1) is 22.5. The fourth-order valence-corrected chi connectivity index (χ4v) is 12.6. The molecule has 1 spiro atoms. The van der Waals surface area contributed by atoms with E-state index in [1.807, 2.05) is 19.1 Å². The van der Waals surface area contributed by atoms with E-state index in [2.05, 4.69) is 20.0 Å². The Morgan fingerprint density at radius 1 is 1.20 bits per heavy atom. The smallest absolute Gasteiger partial charge is 0.263 e. The first-order valence-corrected chi connectivity index (χ1v) is 15.3. The summed E-state index contributed by atoms with van der Waals surface area (Å²) in [7, 11) is 2.01. The molecule has 1 N–H and O–H groups in total. The Labute approximate surface area is 183 Å². The number of carbonyl (C=O) groups is 1. The molecule has 0 aromatic heterocycles. The molecular weight excluding hydrogens is 394 g/mol. The lowest BCUT2D eigenvalue weighted by Crippen LogP contribution is -2.49. The van der Waals surface area contributed by atoms with Crippen molar-refractivity contribution in [2.24, 2.45) is 5.92 Å². The van der Waals surface area contributed by atoms with Crippen LogP contribution in [0.3, 0.4) is 0 Å². The molecule has 5 nitrogen and oxygen atoms in total. The number of aliphatic hydroxyl groups excluding tert-OH is 1. The van der Waals surface area contributed by atoms with Crippen molar-refractivity contribution < 1.29 is 19.4 Å². The Kier molecular flexibility index (Phi) is 6.25. The van der Waals surface area contributed by atoms with Gasteiger partial charge in [0.15, 0.2) is 5.60 Å². The summed E-state index contributed by atoms with van der Waals surface area (Å²) in [4.78, 5) is 15.6. The number of fused-ring (bicyclic) bond motifs is 1. The van der Waals surface area contributed by atoms with E-state index in [4.69, 9.17) is 9.47 Å². The number of hydrogen-bond donors (Lipinski definition) is 1. The van der Waals surface area contributed by atoms with Crippen LogP contribution in [0.2, 0.25) is 24.2 Å². The highest BCUT2D eigenvalue weighted by molar-refractivity contribution is 6.80. The summed E-state index contributed by atoms with van der Waals surface area (Å²) >= 11 is 0. The van der Waals surface area contributed by atoms with E-state index in [9.17, 15) is 9.90 Å². The predicted molar refractivity (Wildman–Crippen MR) is 121 cm³/mol. The maximum atomic E-state index is 13.7. The van der Waals surface area contributed by atoms with E-state index in [1.165, 1.54) is 24.1 Å². The van der Waals surface area contributed by atoms with Gasteiger partial charge in [0.25, 0.3) is 5.91 Å². The molecule has 0 aromatic carbocycles. The Morgan fingerprint density at radius 2 is 1.87 bits per heavy atom. The minimum absolute atomic E-state index is 0.0158. The van der Waals surface area contributed by atoms with E-state index in [1.54, 1.807) is 0 Å². The summed E-state index contributed by atoms with van der Waals surface area (Å²) in [6.07, 6.45) is 10.0. The highest BCUT2D eigenvalue weighted by atomic mass is 28.3. The fourth-order valence-electron chi connectivity index (χ4n) is 7.55. The van der Waals surface area contributed by atoms with Gasteiger partial charge < -0.3 is 19.5 Å². The number of nitrogens with zero attached hydrogens (tertiary/aromatic N) is 1. The zero-order chi connectivity index (χ0) is 21.7. The maximum Gasteiger partial charge on any atom is 0.263 e. The topological polar surface area (TPSA) is 59.0 Å². The molecule has 2 fully saturated rings. The Hall–Kier alpha value is -0.693. The largest absolute Gasteiger partial charge is 0.396 e. The Balaban J connectivity index is 1.68. The van der Waals surface area contributed by atoms with Crippen LogP contribution in [0.4, 0.5) is 0 Å². The zero-order valence-electron chi connectivity index (χ0n) is 19.6. The summed E-state index contributed by atoms with van der Waals surface area (Å²) < 4.78 is 12.5. The van der Waals surface area contributed by atoms with Crippen LogP contribution < -0.4 is 0 Å². The van der Waals surface area contributed by atoms with E-state index >= 15 is 0 Å². The third kappa shape index (κ3) is 3.25. The van der Waals surface area contributed by atoms with Crippen LogP contribution in [0, 0.1) is 5.92 Å². The average Bonchev–Trinajstić information content (AvgIpc) is 3.16. The molecule has 4 rings (SSSR count). The van der Waals surface area contributed by atoms with Crippen molar-refractivity contribution in [2.75, 3.05) is 20.8 Å². The molecule has 30 heavy (non-hydrogen) atoms. The van der Waals surface area contributed by atoms with Gasteiger partial charge in [0.2, 0.25) is 0 Å². The highest BCUT2D eigenvalue weighted by Crippen LogP contribution is 2.61. The molecule has 2 aliphatic carbocycles. The molecule has 0 bridgehead atoms. The molecule has 0 unspecified atom stereocenters. The van der Waals surface area contributed by atoms with E-state index in [0.717, 1.165) is 44.1 Å². The maximum absolute atomic E-state index is 13.7. The van der Waals surface area contributed by atoms with Gasteiger partial charge in [0.1, 0.15) is 0 Å². The molecule has 4 aliphatic rings. The zero-order valence-corrected chi connectivity index (χ0v) is 20.6. The molecule has 6 heteroatoms. The molecule has 4 atom stereocenters. The second kappa shape index (κ2) is 8.34. The van der Waals surface area contributed by atoms with E-state index in [-0.39, 0.29) is 24.5 Å². The van der Waals surface area contributed by atoms with Crippen molar-refractivity contribution in [1.82, 2.24) is 4.90 Å². The standard InChI is InChI=1S/C24H41NO4Si/c1-16-22(30(4,5)18-12-10-17(28-3)11-13-18)21(14-15-26)29-24(16)19-8-6-7-9-20(19)25(2)23(24)27/h16-18,21-22,26H,6-15H2,1-5H3/t16-,17?,18?,21+,22-,24+/m0/s1. The normalized spacial score (nSPS) is 39.9. The van der Waals surface area contributed by atoms with Gasteiger partial charge >= 0.3 is 0 Å². The number of allylic oxidation sites excluding steroid dienone is 1. The lowest BCUT2D eigenvalue weighted by atomic mass is 9.78.